The molecule has 86 valence electrons. The minimum atomic E-state index is -2.13. The van der Waals surface area contributed by atoms with Gasteiger partial charge in [0, 0.05) is 12.1 Å². The standard InChI is InChI=1S/C10H11NO4S/c1-15-8-4-6-2-3-10(12)11-7(6)5-9(8)16(13)14/h4-5H,2-3H2,1H3,(H,11,12)(H,13,14). The molecule has 1 amide bonds. The quantitative estimate of drug-likeness (QED) is 0.762. The smallest absolute Gasteiger partial charge is 0.224 e. The predicted octanol–water partition coefficient (Wildman–Crippen LogP) is 1.16. The van der Waals surface area contributed by atoms with Gasteiger partial charge in [0.05, 0.1) is 7.11 Å². The van der Waals surface area contributed by atoms with E-state index in [2.05, 4.69) is 5.32 Å². The van der Waals surface area contributed by atoms with E-state index < -0.39 is 11.1 Å². The van der Waals surface area contributed by atoms with Crippen molar-refractivity contribution >= 4 is 22.7 Å². The van der Waals surface area contributed by atoms with Crippen molar-refractivity contribution in [1.29, 1.82) is 0 Å². The van der Waals surface area contributed by atoms with Crippen LogP contribution in [-0.4, -0.2) is 21.8 Å². The average molecular weight is 241 g/mol. The second-order valence-electron chi connectivity index (χ2n) is 3.46. The summed E-state index contributed by atoms with van der Waals surface area (Å²) in [5.74, 6) is 0.295. The summed E-state index contributed by atoms with van der Waals surface area (Å²) >= 11 is -2.13. The highest BCUT2D eigenvalue weighted by Gasteiger charge is 2.19. The molecule has 5 nitrogen and oxygen atoms in total. The number of hydrogen-bond donors (Lipinski definition) is 2. The summed E-state index contributed by atoms with van der Waals surface area (Å²) in [4.78, 5) is 11.4. The van der Waals surface area contributed by atoms with E-state index in [1.54, 1.807) is 6.07 Å². The van der Waals surface area contributed by atoms with Gasteiger partial charge in [-0.25, -0.2) is 4.21 Å². The predicted molar refractivity (Wildman–Crippen MR) is 59.0 cm³/mol. The Balaban J connectivity index is 2.52. The number of anilines is 1. The molecular formula is C10H11NO4S. The van der Waals surface area contributed by atoms with Gasteiger partial charge in [-0.05, 0) is 24.1 Å². The zero-order valence-corrected chi connectivity index (χ0v) is 9.47. The van der Waals surface area contributed by atoms with Crippen molar-refractivity contribution in [2.45, 2.75) is 17.7 Å². The number of carbonyl (C=O) groups is 1. The lowest BCUT2D eigenvalue weighted by molar-refractivity contribution is -0.116. The Labute approximate surface area is 95.1 Å². The van der Waals surface area contributed by atoms with Crippen molar-refractivity contribution in [2.24, 2.45) is 0 Å². The summed E-state index contributed by atoms with van der Waals surface area (Å²) in [6, 6.07) is 3.18. The molecule has 1 atom stereocenters. The number of ether oxygens (including phenoxy) is 1. The van der Waals surface area contributed by atoms with Crippen LogP contribution in [0.15, 0.2) is 17.0 Å². The molecule has 1 heterocycles. The lowest BCUT2D eigenvalue weighted by Crippen LogP contribution is -2.19. The van der Waals surface area contributed by atoms with Crippen LogP contribution < -0.4 is 10.1 Å². The van der Waals surface area contributed by atoms with Crippen molar-refractivity contribution in [3.8, 4) is 5.75 Å². The van der Waals surface area contributed by atoms with Crippen molar-refractivity contribution in [3.63, 3.8) is 0 Å². The minimum Gasteiger partial charge on any atom is -0.495 e. The molecule has 1 aliphatic rings. The van der Waals surface area contributed by atoms with Gasteiger partial charge in [0.25, 0.3) is 0 Å². The summed E-state index contributed by atoms with van der Waals surface area (Å²) in [5.41, 5.74) is 1.51. The van der Waals surface area contributed by atoms with E-state index in [9.17, 15) is 9.00 Å². The summed E-state index contributed by atoms with van der Waals surface area (Å²) in [5, 5.41) is 2.67. The fourth-order valence-electron chi connectivity index (χ4n) is 1.68. The first-order valence-corrected chi connectivity index (χ1v) is 5.84. The topological polar surface area (TPSA) is 75.6 Å². The van der Waals surface area contributed by atoms with Crippen LogP contribution in [0.25, 0.3) is 0 Å². The van der Waals surface area contributed by atoms with Gasteiger partial charge in [-0.3, -0.25) is 4.79 Å². The molecule has 2 N–H and O–H groups in total. The zero-order chi connectivity index (χ0) is 11.7. The number of benzene rings is 1. The highest BCUT2D eigenvalue weighted by atomic mass is 32.2. The first kappa shape index (κ1) is 11.1. The Morgan fingerprint density at radius 1 is 1.44 bits per heavy atom. The average Bonchev–Trinajstić information content (AvgIpc) is 2.27. The molecule has 0 saturated carbocycles. The van der Waals surface area contributed by atoms with Crippen molar-refractivity contribution in [3.05, 3.63) is 17.7 Å². The number of nitrogens with one attached hydrogen (secondary N) is 1. The van der Waals surface area contributed by atoms with Crippen LogP contribution in [-0.2, 0) is 22.3 Å². The molecule has 1 aromatic rings. The highest BCUT2D eigenvalue weighted by Crippen LogP contribution is 2.32. The molecule has 0 aliphatic carbocycles. The van der Waals surface area contributed by atoms with Crippen LogP contribution in [0.1, 0.15) is 12.0 Å². The van der Waals surface area contributed by atoms with Gasteiger partial charge in [0.1, 0.15) is 10.6 Å². The third-order valence-electron chi connectivity index (χ3n) is 2.47. The molecule has 1 unspecified atom stereocenters. The third kappa shape index (κ3) is 1.94. The van der Waals surface area contributed by atoms with Gasteiger partial charge in [-0.15, -0.1) is 0 Å². The second kappa shape index (κ2) is 4.23. The number of amides is 1. The van der Waals surface area contributed by atoms with E-state index in [-0.39, 0.29) is 10.8 Å². The summed E-state index contributed by atoms with van der Waals surface area (Å²) < 4.78 is 25.2. The molecule has 0 saturated heterocycles. The van der Waals surface area contributed by atoms with Crippen LogP contribution in [0.5, 0.6) is 5.75 Å². The first-order valence-electron chi connectivity index (χ1n) is 4.73. The summed E-state index contributed by atoms with van der Waals surface area (Å²) in [7, 11) is 1.44. The van der Waals surface area contributed by atoms with Gasteiger partial charge in [-0.1, -0.05) is 0 Å². The van der Waals surface area contributed by atoms with E-state index in [1.807, 2.05) is 0 Å². The largest absolute Gasteiger partial charge is 0.495 e. The van der Waals surface area contributed by atoms with E-state index in [0.717, 1.165) is 5.56 Å². The summed E-state index contributed by atoms with van der Waals surface area (Å²) in [6.07, 6.45) is 1.05. The lowest BCUT2D eigenvalue weighted by atomic mass is 10.0. The maximum absolute atomic E-state index is 11.2. The number of rotatable bonds is 2. The van der Waals surface area contributed by atoms with E-state index >= 15 is 0 Å². The lowest BCUT2D eigenvalue weighted by Gasteiger charge is -2.18. The van der Waals surface area contributed by atoms with Crippen LogP contribution in [0.4, 0.5) is 5.69 Å². The Kier molecular flexibility index (Phi) is 2.93. The number of aryl methyl sites for hydroxylation is 1. The maximum Gasteiger partial charge on any atom is 0.224 e. The summed E-state index contributed by atoms with van der Waals surface area (Å²) in [6.45, 7) is 0. The second-order valence-corrected chi connectivity index (χ2v) is 4.40. The number of hydrogen-bond acceptors (Lipinski definition) is 3. The molecule has 0 fully saturated rings. The third-order valence-corrected chi connectivity index (χ3v) is 3.17. The monoisotopic (exact) mass is 241 g/mol. The molecular weight excluding hydrogens is 230 g/mol. The zero-order valence-electron chi connectivity index (χ0n) is 8.65. The van der Waals surface area contributed by atoms with Gasteiger partial charge in [0.15, 0.2) is 11.1 Å². The van der Waals surface area contributed by atoms with Crippen molar-refractivity contribution in [1.82, 2.24) is 0 Å². The minimum absolute atomic E-state index is 0.0765. The van der Waals surface area contributed by atoms with Crippen LogP contribution >= 0.6 is 0 Å². The molecule has 0 aromatic heterocycles. The van der Waals surface area contributed by atoms with Crippen LogP contribution in [0.3, 0.4) is 0 Å². The molecule has 2 rings (SSSR count). The number of fused-ring (bicyclic) bond motifs is 1. The Morgan fingerprint density at radius 2 is 2.19 bits per heavy atom. The molecule has 0 radical (unpaired) electrons. The van der Waals surface area contributed by atoms with E-state index in [1.165, 1.54) is 13.2 Å². The maximum atomic E-state index is 11.2. The SMILES string of the molecule is COc1cc2c(cc1S(=O)O)NC(=O)CC2. The number of methoxy groups -OCH3 is 1. The Morgan fingerprint density at radius 3 is 2.81 bits per heavy atom. The molecule has 0 spiro atoms. The van der Waals surface area contributed by atoms with E-state index in [0.29, 0.717) is 24.3 Å². The Bertz CT molecular complexity index is 472. The molecule has 1 aromatic carbocycles. The number of carbonyl (C=O) groups excluding carboxylic acids is 1. The van der Waals surface area contributed by atoms with E-state index in [4.69, 9.17) is 9.29 Å². The molecule has 16 heavy (non-hydrogen) atoms. The molecule has 0 bridgehead atoms. The highest BCUT2D eigenvalue weighted by molar-refractivity contribution is 7.79. The Hall–Kier alpha value is -1.40. The molecule has 6 heteroatoms. The van der Waals surface area contributed by atoms with Gasteiger partial charge in [0.2, 0.25) is 5.91 Å². The fourth-order valence-corrected chi connectivity index (χ4v) is 2.22. The van der Waals surface area contributed by atoms with Crippen LogP contribution in [0.2, 0.25) is 0 Å². The first-order chi connectivity index (χ1) is 7.61. The van der Waals surface area contributed by atoms with Gasteiger partial charge in [-0.2, -0.15) is 0 Å². The van der Waals surface area contributed by atoms with Gasteiger partial charge >= 0.3 is 0 Å². The van der Waals surface area contributed by atoms with Gasteiger partial charge < -0.3 is 14.6 Å². The van der Waals surface area contributed by atoms with Crippen molar-refractivity contribution < 1.29 is 18.3 Å². The van der Waals surface area contributed by atoms with Crippen molar-refractivity contribution in [2.75, 3.05) is 12.4 Å². The normalized spacial score (nSPS) is 16.2. The van der Waals surface area contributed by atoms with Crippen LogP contribution in [0, 0.1) is 0 Å². The molecule has 1 aliphatic heterocycles. The fraction of sp³-hybridized carbons (Fsp3) is 0.300.